The molecule has 21 heavy (non-hydrogen) atoms. The molecule has 0 amide bonds. The number of sulfone groups is 2. The highest BCUT2D eigenvalue weighted by Crippen LogP contribution is 2.57. The van der Waals surface area contributed by atoms with Crippen LogP contribution in [0, 0.1) is 0 Å². The largest absolute Gasteiger partial charge is 0.271 e. The minimum Gasteiger partial charge on any atom is -0.229 e. The second kappa shape index (κ2) is 5.12. The second-order valence-corrected chi connectivity index (χ2v) is 14.8. The van der Waals surface area contributed by atoms with Gasteiger partial charge in [0.2, 0.25) is 0 Å². The van der Waals surface area contributed by atoms with E-state index < -0.39 is 23.8 Å². The van der Waals surface area contributed by atoms with E-state index in [1.807, 2.05) is 18.5 Å². The smallest absolute Gasteiger partial charge is 0.229 e. The van der Waals surface area contributed by atoms with Gasteiger partial charge in [0.25, 0.3) is 4.38 Å². The van der Waals surface area contributed by atoms with E-state index in [1.165, 1.54) is 0 Å². The molecule has 0 N–H and O–H groups in total. The zero-order chi connectivity index (χ0) is 15.6. The fourth-order valence-corrected chi connectivity index (χ4v) is 12.7. The fraction of sp³-hybridized carbons (Fsp3) is 0.909. The molecule has 0 bridgehead atoms. The molecule has 0 radical (unpaired) electrons. The Balaban J connectivity index is 1.87. The highest BCUT2D eigenvalue weighted by Gasteiger charge is 2.62. The van der Waals surface area contributed by atoms with Gasteiger partial charge in [-0.15, -0.1) is 0 Å². The fourth-order valence-electron chi connectivity index (χ4n) is 2.95. The molecule has 0 aliphatic carbocycles. The van der Waals surface area contributed by atoms with Gasteiger partial charge in [0.15, 0.2) is 25.7 Å². The van der Waals surface area contributed by atoms with E-state index >= 15 is 0 Å². The Hall–Kier alpha value is 0.750. The van der Waals surface area contributed by atoms with Crippen molar-refractivity contribution in [1.82, 2.24) is 0 Å². The van der Waals surface area contributed by atoms with Gasteiger partial charge in [0, 0.05) is 11.7 Å². The van der Waals surface area contributed by atoms with E-state index in [9.17, 15) is 16.8 Å². The monoisotopic (exact) mass is 434 g/mol. The minimum atomic E-state index is -3.08. The Bertz CT molecular complexity index is 717. The van der Waals surface area contributed by atoms with Crippen molar-refractivity contribution in [2.75, 3.05) is 24.3 Å². The molecular formula is C11H17BrNO4S4+. The lowest BCUT2D eigenvalue weighted by Gasteiger charge is -2.21. The van der Waals surface area contributed by atoms with Gasteiger partial charge in [-0.2, -0.15) is 0 Å². The highest BCUT2D eigenvalue weighted by atomic mass is 79.9. The Kier molecular flexibility index (Phi) is 4.05. The minimum absolute atomic E-state index is 0.0119. The van der Waals surface area contributed by atoms with Gasteiger partial charge >= 0.3 is 0 Å². The predicted octanol–water partition coefficient (Wildman–Crippen LogP) is 0.929. The molecule has 3 saturated heterocycles. The van der Waals surface area contributed by atoms with Crippen molar-refractivity contribution >= 4 is 63.5 Å². The number of hydrogen-bond acceptors (Lipinski definition) is 6. The zero-order valence-corrected chi connectivity index (χ0v) is 16.5. The molecular weight excluding hydrogens is 418 g/mol. The summed E-state index contributed by atoms with van der Waals surface area (Å²) < 4.78 is 49.4. The Morgan fingerprint density at radius 1 is 1.29 bits per heavy atom. The van der Waals surface area contributed by atoms with Crippen LogP contribution in [0.2, 0.25) is 0 Å². The lowest BCUT2D eigenvalue weighted by atomic mass is 10.1. The van der Waals surface area contributed by atoms with Crippen LogP contribution in [-0.2, 0) is 19.7 Å². The molecule has 120 valence electrons. The van der Waals surface area contributed by atoms with Gasteiger partial charge in [-0.05, 0) is 30.4 Å². The molecule has 0 spiro atoms. The standard InChI is InChI=1S/C11H17BrNO4S4/c1-11-8(6-21(16,17)9(11)12)18-10(19-11)13(2)7-3-4-20(14,15)5-7/h7-9H,3-6H2,1-2H3/q+1/t7-,8+,9-,11+/m0/s1. The van der Waals surface area contributed by atoms with Crippen molar-refractivity contribution in [2.45, 2.75) is 33.5 Å². The van der Waals surface area contributed by atoms with Crippen LogP contribution < -0.4 is 0 Å². The third kappa shape index (κ3) is 2.72. The number of hydrogen-bond donors (Lipinski definition) is 0. The number of thioether (sulfide) groups is 2. The molecule has 3 heterocycles. The molecule has 5 nitrogen and oxygen atoms in total. The van der Waals surface area contributed by atoms with Crippen LogP contribution in [-0.4, -0.2) is 70.3 Å². The maximum atomic E-state index is 12.0. The zero-order valence-electron chi connectivity index (χ0n) is 11.7. The number of alkyl halides is 1. The molecule has 0 aromatic heterocycles. The van der Waals surface area contributed by atoms with E-state index in [1.54, 1.807) is 23.5 Å². The van der Waals surface area contributed by atoms with E-state index in [4.69, 9.17) is 0 Å². The molecule has 3 aliphatic rings. The molecule has 10 heteroatoms. The van der Waals surface area contributed by atoms with Crippen molar-refractivity contribution in [3.8, 4) is 0 Å². The van der Waals surface area contributed by atoms with Crippen LogP contribution >= 0.6 is 39.5 Å². The summed E-state index contributed by atoms with van der Waals surface area (Å²) in [7, 11) is -4.07. The van der Waals surface area contributed by atoms with E-state index in [-0.39, 0.29) is 33.3 Å². The molecule has 3 fully saturated rings. The summed E-state index contributed by atoms with van der Waals surface area (Å²) in [5.74, 6) is 0.629. The number of nitrogens with zero attached hydrogens (tertiary/aromatic N) is 1. The third-order valence-electron chi connectivity index (χ3n) is 4.38. The van der Waals surface area contributed by atoms with Crippen molar-refractivity contribution in [3.05, 3.63) is 0 Å². The highest BCUT2D eigenvalue weighted by molar-refractivity contribution is 9.11. The van der Waals surface area contributed by atoms with E-state index in [0.717, 1.165) is 4.38 Å². The topological polar surface area (TPSA) is 71.3 Å². The number of halogens is 1. The van der Waals surface area contributed by atoms with Crippen molar-refractivity contribution in [3.63, 3.8) is 0 Å². The van der Waals surface area contributed by atoms with Crippen molar-refractivity contribution < 1.29 is 21.4 Å². The molecule has 0 aromatic rings. The summed E-state index contributed by atoms with van der Waals surface area (Å²) in [4.78, 5) is 0. The van der Waals surface area contributed by atoms with Gasteiger partial charge < -0.3 is 0 Å². The SMILES string of the molecule is C[N+](=C1S[C@@H]2CS(=O)(=O)[C@H](Br)[C@]2(C)S1)[C@H]1CCS(=O)(=O)C1. The predicted molar refractivity (Wildman–Crippen MR) is 92.1 cm³/mol. The summed E-state index contributed by atoms with van der Waals surface area (Å²) in [6.07, 6.45) is 0.654. The van der Waals surface area contributed by atoms with Crippen molar-refractivity contribution in [2.24, 2.45) is 0 Å². The Morgan fingerprint density at radius 2 is 1.95 bits per heavy atom. The summed E-state index contributed by atoms with van der Waals surface area (Å²) in [6.45, 7) is 1.98. The van der Waals surface area contributed by atoms with Gasteiger partial charge in [0.1, 0.15) is 17.0 Å². The Morgan fingerprint density at radius 3 is 2.48 bits per heavy atom. The molecule has 0 aromatic carbocycles. The summed E-state index contributed by atoms with van der Waals surface area (Å²) in [6, 6.07) is 0.0119. The van der Waals surface area contributed by atoms with Crippen LogP contribution in [0.25, 0.3) is 0 Å². The number of fused-ring (bicyclic) bond motifs is 1. The van der Waals surface area contributed by atoms with Crippen LogP contribution in [0.15, 0.2) is 0 Å². The van der Waals surface area contributed by atoms with Crippen molar-refractivity contribution in [1.29, 1.82) is 0 Å². The first kappa shape index (κ1) is 16.6. The van der Waals surface area contributed by atoms with Crippen LogP contribution in [0.4, 0.5) is 0 Å². The lowest BCUT2D eigenvalue weighted by Crippen LogP contribution is -2.34. The van der Waals surface area contributed by atoms with Gasteiger partial charge in [-0.25, -0.2) is 21.4 Å². The van der Waals surface area contributed by atoms with Crippen LogP contribution in [0.1, 0.15) is 13.3 Å². The normalized spacial score (nSPS) is 46.5. The van der Waals surface area contributed by atoms with Gasteiger partial charge in [0.05, 0.1) is 16.3 Å². The molecule has 4 atom stereocenters. The van der Waals surface area contributed by atoms with Crippen LogP contribution in [0.3, 0.4) is 0 Å². The second-order valence-electron chi connectivity index (χ2n) is 5.97. The first-order valence-electron chi connectivity index (χ1n) is 6.57. The molecule has 3 rings (SSSR count). The van der Waals surface area contributed by atoms with E-state index in [2.05, 4.69) is 15.9 Å². The molecule has 3 aliphatic heterocycles. The lowest BCUT2D eigenvalue weighted by molar-refractivity contribution is -0.526. The van der Waals surface area contributed by atoms with Gasteiger partial charge in [-0.3, -0.25) is 0 Å². The quantitative estimate of drug-likeness (QED) is 0.451. The maximum Gasteiger partial charge on any atom is 0.271 e. The maximum absolute atomic E-state index is 12.0. The summed E-state index contributed by atoms with van der Waals surface area (Å²) in [5, 5.41) is 0.0207. The summed E-state index contributed by atoms with van der Waals surface area (Å²) in [5.41, 5.74) is 0. The van der Waals surface area contributed by atoms with E-state index in [0.29, 0.717) is 6.42 Å². The number of rotatable bonds is 1. The first-order valence-corrected chi connectivity index (χ1v) is 12.7. The summed E-state index contributed by atoms with van der Waals surface area (Å²) >= 11 is 6.51. The Labute approximate surface area is 142 Å². The van der Waals surface area contributed by atoms with Crippen LogP contribution in [0.5, 0.6) is 0 Å². The van der Waals surface area contributed by atoms with Gasteiger partial charge in [-0.1, -0.05) is 15.9 Å². The molecule has 0 unspecified atom stereocenters. The molecule has 0 saturated carbocycles. The third-order valence-corrected chi connectivity index (χ3v) is 14.9. The average Bonchev–Trinajstić information content (AvgIpc) is 2.93. The average molecular weight is 435 g/mol. The first-order chi connectivity index (χ1) is 9.55.